The fourth-order valence-corrected chi connectivity index (χ4v) is 2.86. The molecule has 0 spiro atoms. The Bertz CT molecular complexity index is 998. The molecule has 0 bridgehead atoms. The van der Waals surface area contributed by atoms with E-state index in [2.05, 4.69) is 24.0 Å². The van der Waals surface area contributed by atoms with Crippen molar-refractivity contribution in [2.45, 2.75) is 27.3 Å². The Balaban J connectivity index is 2.71. The van der Waals surface area contributed by atoms with Crippen LogP contribution in [0.1, 0.15) is 18.1 Å². The molecule has 0 aliphatic carbocycles. The van der Waals surface area contributed by atoms with Crippen molar-refractivity contribution in [1.82, 2.24) is 14.1 Å². The van der Waals surface area contributed by atoms with Crippen LogP contribution in [0.15, 0.2) is 21.7 Å². The van der Waals surface area contributed by atoms with Crippen LogP contribution in [-0.2, 0) is 20.6 Å². The summed E-state index contributed by atoms with van der Waals surface area (Å²) in [5.41, 5.74) is 3.88. The SMILES string of the molecule is CC[n+]1c2c(=O)n(C)c(=O)nc-2n(C)c2cc(C)c(C)cc21. The van der Waals surface area contributed by atoms with Crippen molar-refractivity contribution in [3.63, 3.8) is 0 Å². The van der Waals surface area contributed by atoms with Gasteiger partial charge in [0.2, 0.25) is 11.3 Å². The molecule has 1 aromatic carbocycles. The zero-order chi connectivity index (χ0) is 16.2. The minimum atomic E-state index is -0.529. The number of nitrogens with zero attached hydrogens (tertiary/aromatic N) is 4. The van der Waals surface area contributed by atoms with E-state index in [1.165, 1.54) is 12.6 Å². The smallest absolute Gasteiger partial charge is 0.318 e. The largest absolute Gasteiger partial charge is 0.352 e. The van der Waals surface area contributed by atoms with Crippen molar-refractivity contribution in [2.24, 2.45) is 14.1 Å². The quantitative estimate of drug-likeness (QED) is 0.490. The van der Waals surface area contributed by atoms with E-state index in [1.54, 1.807) is 0 Å². The van der Waals surface area contributed by atoms with Gasteiger partial charge in [0.05, 0.1) is 0 Å². The van der Waals surface area contributed by atoms with Gasteiger partial charge < -0.3 is 4.57 Å². The van der Waals surface area contributed by atoms with Gasteiger partial charge in [-0.2, -0.15) is 9.55 Å². The molecular formula is C16H19N4O2+. The van der Waals surface area contributed by atoms with Crippen molar-refractivity contribution in [3.05, 3.63) is 44.1 Å². The molecular weight excluding hydrogens is 280 g/mol. The van der Waals surface area contributed by atoms with E-state index in [4.69, 9.17) is 0 Å². The lowest BCUT2D eigenvalue weighted by Crippen LogP contribution is -2.48. The molecule has 3 rings (SSSR count). The van der Waals surface area contributed by atoms with E-state index >= 15 is 0 Å². The van der Waals surface area contributed by atoms with Crippen LogP contribution < -0.4 is 15.8 Å². The molecule has 6 heteroatoms. The molecule has 0 N–H and O–H groups in total. The zero-order valence-electron chi connectivity index (χ0n) is 13.5. The van der Waals surface area contributed by atoms with Gasteiger partial charge in [-0.3, -0.25) is 9.36 Å². The molecule has 114 valence electrons. The lowest BCUT2D eigenvalue weighted by Gasteiger charge is -2.14. The monoisotopic (exact) mass is 299 g/mol. The molecule has 0 aromatic heterocycles. The summed E-state index contributed by atoms with van der Waals surface area (Å²) in [6, 6.07) is 4.15. The van der Waals surface area contributed by atoms with Gasteiger partial charge in [-0.1, -0.05) is 0 Å². The van der Waals surface area contributed by atoms with Crippen LogP contribution in [0.25, 0.3) is 22.6 Å². The minimum absolute atomic E-state index is 0.312. The van der Waals surface area contributed by atoms with Crippen molar-refractivity contribution in [1.29, 1.82) is 0 Å². The highest BCUT2D eigenvalue weighted by Gasteiger charge is 2.29. The maximum absolute atomic E-state index is 12.6. The molecule has 0 fully saturated rings. The second-order valence-electron chi connectivity index (χ2n) is 5.66. The normalized spacial score (nSPS) is 11.5. The number of fused-ring (bicyclic) bond motifs is 2. The first-order valence-corrected chi connectivity index (χ1v) is 7.27. The maximum Gasteiger partial charge on any atom is 0.352 e. The van der Waals surface area contributed by atoms with Gasteiger partial charge in [0.1, 0.15) is 12.1 Å². The molecule has 0 amide bonds. The lowest BCUT2D eigenvalue weighted by molar-refractivity contribution is -0.658. The molecule has 1 aromatic rings. The van der Waals surface area contributed by atoms with Gasteiger partial charge >= 0.3 is 16.9 Å². The van der Waals surface area contributed by atoms with E-state index in [-0.39, 0.29) is 5.56 Å². The predicted octanol–water partition coefficient (Wildman–Crippen LogP) is 0.661. The number of hydrogen-bond acceptors (Lipinski definition) is 3. The Morgan fingerprint density at radius 1 is 1.09 bits per heavy atom. The average molecular weight is 299 g/mol. The number of rotatable bonds is 1. The first-order valence-electron chi connectivity index (χ1n) is 7.27. The summed E-state index contributed by atoms with van der Waals surface area (Å²) in [5, 5.41) is 0. The van der Waals surface area contributed by atoms with Crippen LogP contribution in [-0.4, -0.2) is 14.1 Å². The highest BCUT2D eigenvalue weighted by molar-refractivity contribution is 5.77. The third-order valence-corrected chi connectivity index (χ3v) is 4.35. The van der Waals surface area contributed by atoms with E-state index in [0.29, 0.717) is 18.1 Å². The molecule has 2 aliphatic rings. The Morgan fingerprint density at radius 3 is 2.36 bits per heavy atom. The minimum Gasteiger partial charge on any atom is -0.318 e. The topological polar surface area (TPSA) is 60.8 Å². The van der Waals surface area contributed by atoms with Crippen LogP contribution >= 0.6 is 0 Å². The highest BCUT2D eigenvalue weighted by Crippen LogP contribution is 2.21. The molecule has 0 saturated heterocycles. The van der Waals surface area contributed by atoms with Crippen LogP contribution in [0.2, 0.25) is 0 Å². The molecule has 22 heavy (non-hydrogen) atoms. The fourth-order valence-electron chi connectivity index (χ4n) is 2.86. The predicted molar refractivity (Wildman–Crippen MR) is 84.2 cm³/mol. The third-order valence-electron chi connectivity index (χ3n) is 4.35. The summed E-state index contributed by atoms with van der Waals surface area (Å²) >= 11 is 0. The van der Waals surface area contributed by atoms with Gasteiger partial charge in [0, 0.05) is 20.2 Å². The maximum atomic E-state index is 12.6. The van der Waals surface area contributed by atoms with E-state index in [9.17, 15) is 9.59 Å². The molecule has 0 atom stereocenters. The lowest BCUT2D eigenvalue weighted by atomic mass is 10.1. The molecule has 0 radical (unpaired) electrons. The number of hydrogen-bond donors (Lipinski definition) is 0. The second kappa shape index (κ2) is 4.76. The molecule has 2 heterocycles. The molecule has 6 nitrogen and oxygen atoms in total. The molecule has 0 unspecified atom stereocenters. The molecule has 2 aliphatic heterocycles. The second-order valence-corrected chi connectivity index (χ2v) is 5.66. The van der Waals surface area contributed by atoms with Gasteiger partial charge in [-0.05, 0) is 38.0 Å². The number of benzene rings is 1. The van der Waals surface area contributed by atoms with Gasteiger partial charge in [-0.25, -0.2) is 4.79 Å². The average Bonchev–Trinajstić information content (AvgIpc) is 2.49. The van der Waals surface area contributed by atoms with Gasteiger partial charge in [0.25, 0.3) is 0 Å². The van der Waals surface area contributed by atoms with Crippen molar-refractivity contribution in [3.8, 4) is 11.5 Å². The summed E-state index contributed by atoms with van der Waals surface area (Å²) in [7, 11) is 3.30. The van der Waals surface area contributed by atoms with Crippen molar-refractivity contribution < 1.29 is 4.57 Å². The molecule has 0 saturated carbocycles. The van der Waals surface area contributed by atoms with Gasteiger partial charge in [-0.15, -0.1) is 0 Å². The van der Waals surface area contributed by atoms with Crippen LogP contribution in [0, 0.1) is 13.8 Å². The Kier molecular flexibility index (Phi) is 3.12. The standard InChI is InChI=1S/C16H19N4O2/c1-6-20-12-8-10(3)9(2)7-11(12)18(4)14-13(20)15(21)19(5)16(22)17-14/h7-8H,6H2,1-5H3/q+1. The van der Waals surface area contributed by atoms with E-state index < -0.39 is 5.69 Å². The number of aromatic nitrogens is 4. The summed E-state index contributed by atoms with van der Waals surface area (Å²) < 4.78 is 4.82. The van der Waals surface area contributed by atoms with Crippen LogP contribution in [0.5, 0.6) is 0 Å². The van der Waals surface area contributed by atoms with Gasteiger partial charge in [0.15, 0.2) is 0 Å². The third kappa shape index (κ3) is 1.80. The van der Waals surface area contributed by atoms with Crippen molar-refractivity contribution in [2.75, 3.05) is 0 Å². The Labute approximate surface area is 127 Å². The summed E-state index contributed by atoms with van der Waals surface area (Å²) in [5.74, 6) is 0.422. The van der Waals surface area contributed by atoms with Crippen LogP contribution in [0.3, 0.4) is 0 Å². The first-order chi connectivity index (χ1) is 10.4. The summed E-state index contributed by atoms with van der Waals surface area (Å²) in [4.78, 5) is 28.6. The highest BCUT2D eigenvalue weighted by atomic mass is 16.2. The first kappa shape index (κ1) is 14.4. The summed E-state index contributed by atoms with van der Waals surface area (Å²) in [6.45, 7) is 6.71. The van der Waals surface area contributed by atoms with E-state index in [0.717, 1.165) is 21.2 Å². The van der Waals surface area contributed by atoms with Crippen molar-refractivity contribution >= 4 is 11.0 Å². The Morgan fingerprint density at radius 2 is 1.73 bits per heavy atom. The number of aryl methyl sites for hydroxylation is 4. The zero-order valence-corrected chi connectivity index (χ0v) is 13.5. The van der Waals surface area contributed by atoms with Crippen LogP contribution in [0.4, 0.5) is 0 Å². The Hall–Kier alpha value is -2.50. The fraction of sp³-hybridized carbons (Fsp3) is 0.375. The summed E-state index contributed by atoms with van der Waals surface area (Å²) in [6.07, 6.45) is 0. The van der Waals surface area contributed by atoms with E-state index in [1.807, 2.05) is 30.0 Å².